The number of nitrogens with zero attached hydrogens (tertiary/aromatic N) is 2. The summed E-state index contributed by atoms with van der Waals surface area (Å²) in [5, 5.41) is 12.5. The Labute approximate surface area is 110 Å². The van der Waals surface area contributed by atoms with E-state index in [4.69, 9.17) is 11.6 Å². The number of hydrogen-bond acceptors (Lipinski definition) is 3. The highest BCUT2D eigenvalue weighted by molar-refractivity contribution is 6.18. The number of carbonyl (C=O) groups is 1. The van der Waals surface area contributed by atoms with E-state index in [0.29, 0.717) is 12.3 Å². The number of halogens is 1. The second kappa shape index (κ2) is 6.16. The summed E-state index contributed by atoms with van der Waals surface area (Å²) in [5.41, 5.74) is 1.39. The lowest BCUT2D eigenvalue weighted by Crippen LogP contribution is -2.38. The molecule has 2 rings (SSSR count). The van der Waals surface area contributed by atoms with E-state index in [9.17, 15) is 4.79 Å². The van der Waals surface area contributed by atoms with E-state index < -0.39 is 0 Å². The van der Waals surface area contributed by atoms with Gasteiger partial charge in [0.25, 0.3) is 5.91 Å². The number of aromatic nitrogens is 3. The minimum atomic E-state index is -0.273. The molecule has 18 heavy (non-hydrogen) atoms. The lowest BCUT2D eigenvalue weighted by molar-refractivity contribution is 0.0935. The second-order valence-corrected chi connectivity index (χ2v) is 4.18. The third-order valence-corrected chi connectivity index (χ3v) is 2.87. The standard InChI is InChI=1S/C12H13ClN4O/c13-7-10(6-9-4-2-1-3-5-9)15-12(18)11-8-14-17-16-11/h1-5,8,10H,6-7H2,(H,15,18)(H,14,16,17). The van der Waals surface area contributed by atoms with Crippen molar-refractivity contribution < 1.29 is 4.79 Å². The van der Waals surface area contributed by atoms with E-state index in [1.54, 1.807) is 0 Å². The van der Waals surface area contributed by atoms with E-state index in [-0.39, 0.29) is 17.6 Å². The topological polar surface area (TPSA) is 70.7 Å². The number of hydrogen-bond donors (Lipinski definition) is 2. The van der Waals surface area contributed by atoms with Crippen molar-refractivity contribution in [1.29, 1.82) is 0 Å². The van der Waals surface area contributed by atoms with Gasteiger partial charge in [-0.25, -0.2) is 0 Å². The number of carbonyl (C=O) groups excluding carboxylic acids is 1. The maximum absolute atomic E-state index is 11.8. The lowest BCUT2D eigenvalue weighted by Gasteiger charge is -2.15. The highest BCUT2D eigenvalue weighted by Gasteiger charge is 2.15. The first-order valence-corrected chi connectivity index (χ1v) is 6.09. The van der Waals surface area contributed by atoms with E-state index in [0.717, 1.165) is 5.56 Å². The molecule has 2 N–H and O–H groups in total. The molecule has 1 aromatic heterocycles. The first kappa shape index (κ1) is 12.6. The van der Waals surface area contributed by atoms with Gasteiger partial charge >= 0.3 is 0 Å². The molecule has 0 aliphatic rings. The van der Waals surface area contributed by atoms with Gasteiger partial charge in [-0.15, -0.1) is 11.6 Å². The largest absolute Gasteiger partial charge is 0.346 e. The molecule has 0 saturated heterocycles. The first-order valence-electron chi connectivity index (χ1n) is 5.56. The predicted octanol–water partition coefficient (Wildman–Crippen LogP) is 1.38. The Morgan fingerprint density at radius 3 is 2.78 bits per heavy atom. The molecule has 94 valence electrons. The number of amides is 1. The predicted molar refractivity (Wildman–Crippen MR) is 68.5 cm³/mol. The fourth-order valence-electron chi connectivity index (χ4n) is 1.61. The van der Waals surface area contributed by atoms with Gasteiger partial charge in [-0.1, -0.05) is 30.3 Å². The van der Waals surface area contributed by atoms with Crippen molar-refractivity contribution in [1.82, 2.24) is 20.7 Å². The Morgan fingerprint density at radius 2 is 2.17 bits per heavy atom. The van der Waals surface area contributed by atoms with Crippen molar-refractivity contribution in [2.75, 3.05) is 5.88 Å². The van der Waals surface area contributed by atoms with Crippen LogP contribution in [0.25, 0.3) is 0 Å². The zero-order chi connectivity index (χ0) is 12.8. The molecule has 1 atom stereocenters. The summed E-state index contributed by atoms with van der Waals surface area (Å²) in [5.74, 6) is 0.0729. The number of rotatable bonds is 5. The van der Waals surface area contributed by atoms with Crippen molar-refractivity contribution >= 4 is 17.5 Å². The average molecular weight is 265 g/mol. The minimum absolute atomic E-state index is 0.127. The van der Waals surface area contributed by atoms with Gasteiger partial charge in [0.15, 0.2) is 5.69 Å². The van der Waals surface area contributed by atoms with Crippen LogP contribution in [0.15, 0.2) is 36.5 Å². The Morgan fingerprint density at radius 1 is 1.39 bits per heavy atom. The third kappa shape index (κ3) is 3.30. The Hall–Kier alpha value is -1.88. The highest BCUT2D eigenvalue weighted by Crippen LogP contribution is 2.05. The minimum Gasteiger partial charge on any atom is -0.346 e. The molecule has 0 aliphatic carbocycles. The molecule has 6 heteroatoms. The van der Waals surface area contributed by atoms with Crippen molar-refractivity contribution in [2.45, 2.75) is 12.5 Å². The molecular formula is C12H13ClN4O. The molecule has 0 aliphatic heterocycles. The van der Waals surface area contributed by atoms with Crippen molar-refractivity contribution in [2.24, 2.45) is 0 Å². The summed E-state index contributed by atoms with van der Waals surface area (Å²) in [6.07, 6.45) is 2.07. The zero-order valence-corrected chi connectivity index (χ0v) is 10.4. The fraction of sp³-hybridized carbons (Fsp3) is 0.250. The zero-order valence-electron chi connectivity index (χ0n) is 9.64. The van der Waals surface area contributed by atoms with Crippen molar-refractivity contribution in [3.8, 4) is 0 Å². The summed E-state index contributed by atoms with van der Waals surface area (Å²) in [7, 11) is 0. The molecule has 0 saturated carbocycles. The fourth-order valence-corrected chi connectivity index (χ4v) is 1.80. The Bertz CT molecular complexity index is 486. The van der Waals surface area contributed by atoms with E-state index in [2.05, 4.69) is 20.7 Å². The Balaban J connectivity index is 1.96. The molecule has 0 fully saturated rings. The van der Waals surface area contributed by atoms with Crippen molar-refractivity contribution in [3.63, 3.8) is 0 Å². The summed E-state index contributed by atoms with van der Waals surface area (Å²) in [6, 6.07) is 9.75. The van der Waals surface area contributed by atoms with Gasteiger partial charge < -0.3 is 5.32 Å². The molecule has 1 aromatic carbocycles. The lowest BCUT2D eigenvalue weighted by atomic mass is 10.1. The van der Waals surface area contributed by atoms with Gasteiger partial charge in [0.05, 0.1) is 6.20 Å². The number of H-pyrrole nitrogens is 1. The molecule has 1 amide bonds. The van der Waals surface area contributed by atoms with E-state index in [1.165, 1.54) is 6.20 Å². The summed E-state index contributed by atoms with van der Waals surface area (Å²) in [4.78, 5) is 11.8. The molecule has 5 nitrogen and oxygen atoms in total. The van der Waals surface area contributed by atoms with Crippen LogP contribution in [0, 0.1) is 0 Å². The monoisotopic (exact) mass is 264 g/mol. The quantitative estimate of drug-likeness (QED) is 0.802. The van der Waals surface area contributed by atoms with Gasteiger partial charge in [-0.05, 0) is 12.0 Å². The molecule has 0 radical (unpaired) electrons. The Kier molecular flexibility index (Phi) is 4.30. The highest BCUT2D eigenvalue weighted by atomic mass is 35.5. The summed E-state index contributed by atoms with van der Waals surface area (Å²) in [6.45, 7) is 0. The maximum Gasteiger partial charge on any atom is 0.273 e. The van der Waals surface area contributed by atoms with Crippen LogP contribution in [-0.2, 0) is 6.42 Å². The van der Waals surface area contributed by atoms with Crippen LogP contribution >= 0.6 is 11.6 Å². The van der Waals surface area contributed by atoms with E-state index >= 15 is 0 Å². The number of alkyl halides is 1. The smallest absolute Gasteiger partial charge is 0.273 e. The molecule has 0 spiro atoms. The van der Waals surface area contributed by atoms with Gasteiger partial charge in [-0.2, -0.15) is 15.4 Å². The molecule has 0 bridgehead atoms. The van der Waals surface area contributed by atoms with Crippen LogP contribution in [0.5, 0.6) is 0 Å². The van der Waals surface area contributed by atoms with Crippen LogP contribution in [0.2, 0.25) is 0 Å². The van der Waals surface area contributed by atoms with Gasteiger partial charge in [0.2, 0.25) is 0 Å². The number of nitrogens with one attached hydrogen (secondary N) is 2. The first-order chi connectivity index (χ1) is 8.79. The molecule has 1 unspecified atom stereocenters. The number of aromatic amines is 1. The second-order valence-electron chi connectivity index (χ2n) is 3.87. The maximum atomic E-state index is 11.8. The van der Waals surface area contributed by atoms with Crippen LogP contribution < -0.4 is 5.32 Å². The van der Waals surface area contributed by atoms with Crippen LogP contribution in [-0.4, -0.2) is 33.2 Å². The molecule has 1 heterocycles. The van der Waals surface area contributed by atoms with Crippen LogP contribution in [0.4, 0.5) is 0 Å². The third-order valence-electron chi connectivity index (χ3n) is 2.49. The van der Waals surface area contributed by atoms with Gasteiger partial charge in [-0.3, -0.25) is 4.79 Å². The summed E-state index contributed by atoms with van der Waals surface area (Å²) >= 11 is 5.86. The normalized spacial score (nSPS) is 12.1. The van der Waals surface area contributed by atoms with Gasteiger partial charge in [0, 0.05) is 11.9 Å². The molecule has 2 aromatic rings. The van der Waals surface area contributed by atoms with Crippen molar-refractivity contribution in [3.05, 3.63) is 47.8 Å². The van der Waals surface area contributed by atoms with Crippen LogP contribution in [0.1, 0.15) is 16.1 Å². The molecular weight excluding hydrogens is 252 g/mol. The number of benzene rings is 1. The SMILES string of the molecule is O=C(NC(CCl)Cc1ccccc1)c1cn[nH]n1. The average Bonchev–Trinajstić information content (AvgIpc) is 2.93. The van der Waals surface area contributed by atoms with Gasteiger partial charge in [0.1, 0.15) is 0 Å². The van der Waals surface area contributed by atoms with E-state index in [1.807, 2.05) is 30.3 Å². The summed E-state index contributed by atoms with van der Waals surface area (Å²) < 4.78 is 0. The van der Waals surface area contributed by atoms with Crippen LogP contribution in [0.3, 0.4) is 0 Å².